The van der Waals surface area contributed by atoms with Gasteiger partial charge in [-0.2, -0.15) is 0 Å². The Morgan fingerprint density at radius 2 is 1.81 bits per heavy atom. The molecule has 0 aromatic heterocycles. The van der Waals surface area contributed by atoms with Crippen LogP contribution in [0.5, 0.6) is 0 Å². The molecule has 0 saturated carbocycles. The number of rotatable bonds is 2. The molecule has 0 aliphatic heterocycles. The maximum absolute atomic E-state index is 3.47. The first-order chi connectivity index (χ1) is 7.28. The topological polar surface area (TPSA) is 12.0 Å². The van der Waals surface area contributed by atoms with Gasteiger partial charge in [-0.05, 0) is 43.4 Å². The molecule has 0 fully saturated rings. The Balaban J connectivity index is 2.89. The summed E-state index contributed by atoms with van der Waals surface area (Å²) in [5.74, 6) is 0. The molecule has 0 bridgehead atoms. The van der Waals surface area contributed by atoms with Crippen LogP contribution in [0.15, 0.2) is 30.0 Å². The molecule has 0 unspecified atom stereocenters. The second-order valence-electron chi connectivity index (χ2n) is 5.64. The van der Waals surface area contributed by atoms with Gasteiger partial charge in [-0.15, -0.1) is 0 Å². The maximum atomic E-state index is 3.47. The maximum Gasteiger partial charge on any atom is 0.0414 e. The van der Waals surface area contributed by atoms with E-state index in [-0.39, 0.29) is 5.41 Å². The molecule has 1 rings (SSSR count). The van der Waals surface area contributed by atoms with Crippen molar-refractivity contribution in [3.05, 3.63) is 41.1 Å². The third-order valence-corrected chi connectivity index (χ3v) is 2.37. The van der Waals surface area contributed by atoms with Crippen LogP contribution in [-0.2, 0) is 0 Å². The Bertz CT molecular complexity index is 394. The van der Waals surface area contributed by atoms with Gasteiger partial charge in [0.25, 0.3) is 0 Å². The highest BCUT2D eigenvalue weighted by molar-refractivity contribution is 5.55. The molecule has 16 heavy (non-hydrogen) atoms. The first-order valence-electron chi connectivity index (χ1n) is 5.82. The monoisotopic (exact) mass is 217 g/mol. The molecular weight excluding hydrogens is 194 g/mol. The molecule has 0 heterocycles. The average Bonchev–Trinajstić information content (AvgIpc) is 2.08. The van der Waals surface area contributed by atoms with E-state index in [1.54, 1.807) is 0 Å². The van der Waals surface area contributed by atoms with Gasteiger partial charge in [-0.25, -0.2) is 0 Å². The zero-order valence-electron chi connectivity index (χ0n) is 11.3. The lowest BCUT2D eigenvalue weighted by Gasteiger charge is -2.16. The summed E-state index contributed by atoms with van der Waals surface area (Å²) < 4.78 is 0. The van der Waals surface area contributed by atoms with Gasteiger partial charge in [0, 0.05) is 11.4 Å². The van der Waals surface area contributed by atoms with Gasteiger partial charge in [0.15, 0.2) is 0 Å². The van der Waals surface area contributed by atoms with Crippen LogP contribution < -0.4 is 5.32 Å². The minimum Gasteiger partial charge on any atom is -0.359 e. The van der Waals surface area contributed by atoms with Crippen LogP contribution in [0, 0.1) is 19.3 Å². The molecule has 1 aromatic rings. The number of nitrogens with one attached hydrogen (secondary N) is 1. The standard InChI is InChI=1S/C15H23N/c1-11-7-8-12(2)14(9-11)16-13(3)10-15(4,5)6/h7-10,16H,1-6H3/b13-10-. The van der Waals surface area contributed by atoms with Crippen LogP contribution in [0.25, 0.3) is 0 Å². The zero-order chi connectivity index (χ0) is 12.3. The Kier molecular flexibility index (Phi) is 3.79. The van der Waals surface area contributed by atoms with E-state index in [2.05, 4.69) is 71.1 Å². The van der Waals surface area contributed by atoms with Crippen molar-refractivity contribution in [1.29, 1.82) is 0 Å². The molecule has 1 N–H and O–H groups in total. The van der Waals surface area contributed by atoms with Crippen molar-refractivity contribution in [2.75, 3.05) is 5.32 Å². The second-order valence-corrected chi connectivity index (χ2v) is 5.64. The highest BCUT2D eigenvalue weighted by Gasteiger charge is 2.07. The predicted molar refractivity (Wildman–Crippen MR) is 72.8 cm³/mol. The molecule has 1 aromatic carbocycles. The largest absolute Gasteiger partial charge is 0.359 e. The van der Waals surface area contributed by atoms with Crippen molar-refractivity contribution in [1.82, 2.24) is 0 Å². The highest BCUT2D eigenvalue weighted by Crippen LogP contribution is 2.21. The van der Waals surface area contributed by atoms with E-state index >= 15 is 0 Å². The fraction of sp³-hybridized carbons (Fsp3) is 0.467. The van der Waals surface area contributed by atoms with Crippen molar-refractivity contribution < 1.29 is 0 Å². The van der Waals surface area contributed by atoms with Crippen molar-refractivity contribution in [2.45, 2.75) is 41.5 Å². The summed E-state index contributed by atoms with van der Waals surface area (Å²) in [6, 6.07) is 6.49. The van der Waals surface area contributed by atoms with E-state index in [9.17, 15) is 0 Å². The predicted octanol–water partition coefficient (Wildman–Crippen LogP) is 4.67. The quantitative estimate of drug-likeness (QED) is 0.759. The molecule has 0 aliphatic carbocycles. The van der Waals surface area contributed by atoms with Gasteiger partial charge >= 0.3 is 0 Å². The summed E-state index contributed by atoms with van der Waals surface area (Å²) in [4.78, 5) is 0. The molecule has 0 amide bonds. The van der Waals surface area contributed by atoms with Gasteiger partial charge in [0.1, 0.15) is 0 Å². The van der Waals surface area contributed by atoms with Crippen molar-refractivity contribution in [2.24, 2.45) is 5.41 Å². The number of aryl methyl sites for hydroxylation is 2. The van der Waals surface area contributed by atoms with Gasteiger partial charge in [-0.3, -0.25) is 0 Å². The summed E-state index contributed by atoms with van der Waals surface area (Å²) in [7, 11) is 0. The van der Waals surface area contributed by atoms with E-state index in [0.29, 0.717) is 0 Å². The lowest BCUT2D eigenvalue weighted by molar-refractivity contribution is 0.540. The number of benzene rings is 1. The van der Waals surface area contributed by atoms with Crippen LogP contribution in [0.2, 0.25) is 0 Å². The number of hydrogen-bond donors (Lipinski definition) is 1. The summed E-state index contributed by atoms with van der Waals surface area (Å²) in [6.07, 6.45) is 2.26. The molecule has 0 radical (unpaired) electrons. The molecule has 0 atom stereocenters. The van der Waals surface area contributed by atoms with Gasteiger partial charge < -0.3 is 5.32 Å². The van der Waals surface area contributed by atoms with E-state index in [4.69, 9.17) is 0 Å². The number of allylic oxidation sites excluding steroid dienone is 2. The molecule has 0 spiro atoms. The second kappa shape index (κ2) is 4.73. The lowest BCUT2D eigenvalue weighted by Crippen LogP contribution is -2.05. The van der Waals surface area contributed by atoms with Gasteiger partial charge in [0.05, 0.1) is 0 Å². The molecular formula is C15H23N. The van der Waals surface area contributed by atoms with E-state index in [1.807, 2.05) is 0 Å². The first kappa shape index (κ1) is 12.8. The molecule has 0 aliphatic rings. The summed E-state index contributed by atoms with van der Waals surface area (Å²) in [5, 5.41) is 3.47. The van der Waals surface area contributed by atoms with Gasteiger partial charge in [-0.1, -0.05) is 39.0 Å². The SMILES string of the molecule is C/C(=C/C(C)(C)C)Nc1cc(C)ccc1C. The smallest absolute Gasteiger partial charge is 0.0414 e. The Morgan fingerprint density at radius 1 is 1.19 bits per heavy atom. The number of hydrogen-bond acceptors (Lipinski definition) is 1. The Hall–Kier alpha value is -1.24. The van der Waals surface area contributed by atoms with E-state index in [0.717, 1.165) is 0 Å². The molecule has 0 saturated heterocycles. The minimum absolute atomic E-state index is 0.217. The lowest BCUT2D eigenvalue weighted by atomic mass is 9.95. The average molecular weight is 217 g/mol. The van der Waals surface area contributed by atoms with Crippen LogP contribution in [0.1, 0.15) is 38.8 Å². The van der Waals surface area contributed by atoms with E-state index in [1.165, 1.54) is 22.5 Å². The third-order valence-electron chi connectivity index (χ3n) is 2.37. The third kappa shape index (κ3) is 4.09. The molecule has 1 nitrogen and oxygen atoms in total. The highest BCUT2D eigenvalue weighted by atomic mass is 14.9. The van der Waals surface area contributed by atoms with Crippen molar-refractivity contribution >= 4 is 5.69 Å². The summed E-state index contributed by atoms with van der Waals surface area (Å²) >= 11 is 0. The summed E-state index contributed by atoms with van der Waals surface area (Å²) in [6.45, 7) is 13.0. The molecule has 88 valence electrons. The fourth-order valence-electron chi connectivity index (χ4n) is 1.77. The van der Waals surface area contributed by atoms with Crippen LogP contribution in [-0.4, -0.2) is 0 Å². The normalized spacial score (nSPS) is 12.8. The number of anilines is 1. The van der Waals surface area contributed by atoms with Crippen LogP contribution in [0.4, 0.5) is 5.69 Å². The fourth-order valence-corrected chi connectivity index (χ4v) is 1.77. The first-order valence-corrected chi connectivity index (χ1v) is 5.82. The van der Waals surface area contributed by atoms with Crippen LogP contribution >= 0.6 is 0 Å². The van der Waals surface area contributed by atoms with Crippen molar-refractivity contribution in [3.8, 4) is 0 Å². The van der Waals surface area contributed by atoms with Crippen LogP contribution in [0.3, 0.4) is 0 Å². The zero-order valence-corrected chi connectivity index (χ0v) is 11.3. The Labute approximate surface area is 99.6 Å². The van der Waals surface area contributed by atoms with Crippen molar-refractivity contribution in [3.63, 3.8) is 0 Å². The van der Waals surface area contributed by atoms with E-state index < -0.39 is 0 Å². The molecule has 1 heteroatoms. The Morgan fingerprint density at radius 3 is 2.38 bits per heavy atom. The van der Waals surface area contributed by atoms with Gasteiger partial charge in [0.2, 0.25) is 0 Å². The summed E-state index contributed by atoms with van der Waals surface area (Å²) in [5.41, 5.74) is 5.21. The minimum atomic E-state index is 0.217.